The van der Waals surface area contributed by atoms with Crippen molar-refractivity contribution < 1.29 is 73.8 Å². The van der Waals surface area contributed by atoms with Gasteiger partial charge in [0.05, 0.1) is 22.2 Å². The van der Waals surface area contributed by atoms with E-state index in [1.54, 1.807) is 24.3 Å². The zero-order valence-corrected chi connectivity index (χ0v) is 36.0. The normalized spacial score (nSPS) is 23.6. The fourth-order valence-electron chi connectivity index (χ4n) is 9.17. The third-order valence-corrected chi connectivity index (χ3v) is 12.7. The zero-order valence-electron chi connectivity index (χ0n) is 34.0. The molecule has 4 aromatic rings. The summed E-state index contributed by atoms with van der Waals surface area (Å²) >= 11 is 0. The Morgan fingerprint density at radius 3 is 1.51 bits per heavy atom. The van der Waals surface area contributed by atoms with Gasteiger partial charge in [0.2, 0.25) is 0 Å². The Labute approximate surface area is 365 Å². The molecule has 2 aliphatic carbocycles. The number of carbonyl (C=O) groups excluding carboxylic acids is 2. The van der Waals surface area contributed by atoms with Crippen LogP contribution in [0.5, 0.6) is 0 Å². The molecule has 12 heteroatoms. The summed E-state index contributed by atoms with van der Waals surface area (Å²) in [4.78, 5) is 25.8. The minimum atomic E-state index is -0.733. The van der Waals surface area contributed by atoms with Crippen molar-refractivity contribution in [3.05, 3.63) is 130 Å². The second-order valence-electron chi connectivity index (χ2n) is 16.2. The summed E-state index contributed by atoms with van der Waals surface area (Å²) in [7, 11) is 0. The third kappa shape index (κ3) is 8.78. The summed E-state index contributed by atoms with van der Waals surface area (Å²) in [6, 6.07) is 22.1. The number of nitrogens with one attached hydrogen (secondary N) is 2. The van der Waals surface area contributed by atoms with Gasteiger partial charge >= 0.3 is 29.6 Å². The second-order valence-corrected chi connectivity index (χ2v) is 16.2. The molecule has 0 aromatic heterocycles. The van der Waals surface area contributed by atoms with E-state index in [0.29, 0.717) is 42.4 Å². The maximum Gasteiger partial charge on any atom is 1.00 e. The average Bonchev–Trinajstić information content (AvgIpc) is 3.59. The van der Waals surface area contributed by atoms with Gasteiger partial charge in [0.25, 0.3) is 11.8 Å². The summed E-state index contributed by atoms with van der Waals surface area (Å²) in [5.41, 5.74) is 6.79. The molecule has 2 aliphatic heterocycles. The van der Waals surface area contributed by atoms with Crippen LogP contribution in [0.25, 0.3) is 33.4 Å². The van der Waals surface area contributed by atoms with E-state index >= 15 is 0 Å². The molecule has 0 atom stereocenters. The van der Waals surface area contributed by atoms with Crippen LogP contribution in [0.1, 0.15) is 79.2 Å². The Balaban J connectivity index is 0.000000217. The molecule has 2 amide bonds. The van der Waals surface area contributed by atoms with Crippen LogP contribution < -0.4 is 40.2 Å². The van der Waals surface area contributed by atoms with Gasteiger partial charge in [-0.25, -0.2) is 8.78 Å². The average molecular weight is 817 g/mol. The number of benzene rings is 4. The number of amides is 2. The van der Waals surface area contributed by atoms with E-state index in [2.05, 4.69) is 10.6 Å². The molecule has 2 heterocycles. The molecule has 0 unspecified atom stereocenters. The molecule has 4 aliphatic rings. The number of aryl methyl sites for hydroxylation is 2. The van der Waals surface area contributed by atoms with E-state index in [9.17, 15) is 38.8 Å². The van der Waals surface area contributed by atoms with Gasteiger partial charge in [-0.3, -0.25) is 9.59 Å². The largest absolute Gasteiger partial charge is 1.00 e. The molecule has 8 rings (SSSR count). The van der Waals surface area contributed by atoms with E-state index in [0.717, 1.165) is 70.2 Å². The predicted octanol–water partition coefficient (Wildman–Crippen LogP) is 5.38. The Morgan fingerprint density at radius 1 is 0.593 bits per heavy atom. The first kappa shape index (κ1) is 45.7. The molecule has 7 N–H and O–H groups in total. The minimum absolute atomic E-state index is 0. The molecule has 0 radical (unpaired) electrons. The van der Waals surface area contributed by atoms with Crippen molar-refractivity contribution in [1.82, 2.24) is 10.6 Å². The second kappa shape index (κ2) is 18.5. The van der Waals surface area contributed by atoms with Gasteiger partial charge in [0, 0.05) is 13.2 Å². The van der Waals surface area contributed by atoms with Crippen LogP contribution in [-0.4, -0.2) is 62.0 Å². The molecule has 306 valence electrons. The van der Waals surface area contributed by atoms with Gasteiger partial charge in [0.1, 0.15) is 23.2 Å². The van der Waals surface area contributed by atoms with E-state index in [-0.39, 0.29) is 95.1 Å². The molecule has 4 aromatic carbocycles. The van der Waals surface area contributed by atoms with Crippen molar-refractivity contribution >= 4 is 23.0 Å². The SMILES string of the molecule is Cc1ccc(-c2ccc(F)cc2)c(C)c1C1=C(O)C2(CCC(CO)CC2)NC1=O.Cc1ccc(-c2ccc(F)cc2)cc1C1=C(O)C2(CCC(CO)CC2)NC1=O.[Na+].[OH-]. The summed E-state index contributed by atoms with van der Waals surface area (Å²) in [5.74, 6) is -0.453. The number of aliphatic hydroxyl groups is 4. The molecule has 59 heavy (non-hydrogen) atoms. The Bertz CT molecular complexity index is 2260. The van der Waals surface area contributed by atoms with Crippen molar-refractivity contribution in [2.45, 2.75) is 83.2 Å². The van der Waals surface area contributed by atoms with Gasteiger partial charge in [-0.2, -0.15) is 0 Å². The first-order valence-corrected chi connectivity index (χ1v) is 19.8. The molecular formula is C47H51F2N2NaO7. The van der Waals surface area contributed by atoms with Gasteiger partial charge in [0.15, 0.2) is 0 Å². The van der Waals surface area contributed by atoms with Crippen molar-refractivity contribution in [1.29, 1.82) is 0 Å². The Hall–Kier alpha value is -4.36. The van der Waals surface area contributed by atoms with Crippen LogP contribution in [-0.2, 0) is 9.59 Å². The number of hydrogen-bond donors (Lipinski definition) is 6. The van der Waals surface area contributed by atoms with Gasteiger partial charge in [-0.05, 0) is 164 Å². The standard InChI is InChI=1S/C24H26FNO3.C23H24FNO3.Na.H2O/c1-14-3-8-19(17-4-6-18(25)7-5-17)15(2)20(14)21-22(28)24(26-23(21)29)11-9-16(13-27)10-12-24;1-14-2-3-17(16-4-6-18(24)7-5-16)12-19(14)20-21(27)23(25-22(20)28)10-8-15(13-26)9-11-23;;/h3-8,16,27-28H,9-13H2,1-2H3,(H,26,29);2-7,12,15,26-27H,8-11,13H2,1H3,(H,25,28);;1H2/q;;+1;/p-1. The maximum absolute atomic E-state index is 13.3. The molecule has 9 nitrogen and oxygen atoms in total. The number of carbonyl (C=O) groups is 2. The number of hydrogen-bond acceptors (Lipinski definition) is 7. The zero-order chi connectivity index (χ0) is 40.6. The fraction of sp³-hybridized carbons (Fsp3) is 0.362. The van der Waals surface area contributed by atoms with Crippen molar-refractivity contribution in [2.24, 2.45) is 11.8 Å². The number of aliphatic hydroxyl groups excluding tert-OH is 4. The smallest absolute Gasteiger partial charge is 0.870 e. The Kier molecular flexibility index (Phi) is 14.3. The minimum Gasteiger partial charge on any atom is -0.870 e. The maximum atomic E-state index is 13.3. The van der Waals surface area contributed by atoms with Crippen LogP contribution in [0.4, 0.5) is 8.78 Å². The van der Waals surface area contributed by atoms with E-state index < -0.39 is 11.1 Å². The van der Waals surface area contributed by atoms with Crippen LogP contribution in [0.2, 0.25) is 0 Å². The van der Waals surface area contributed by atoms with Crippen LogP contribution >= 0.6 is 0 Å². The monoisotopic (exact) mass is 816 g/mol. The van der Waals surface area contributed by atoms with Crippen LogP contribution in [0, 0.1) is 44.2 Å². The van der Waals surface area contributed by atoms with Gasteiger partial charge in [-0.15, -0.1) is 0 Å². The van der Waals surface area contributed by atoms with Gasteiger partial charge < -0.3 is 36.5 Å². The van der Waals surface area contributed by atoms with Crippen LogP contribution in [0.15, 0.2) is 90.4 Å². The molecule has 2 saturated carbocycles. The number of halogens is 2. The first-order valence-electron chi connectivity index (χ1n) is 19.8. The predicted molar refractivity (Wildman–Crippen MR) is 219 cm³/mol. The Morgan fingerprint density at radius 2 is 1.02 bits per heavy atom. The summed E-state index contributed by atoms with van der Waals surface area (Å²) in [5, 5.41) is 47.1. The van der Waals surface area contributed by atoms with E-state index in [1.807, 2.05) is 51.1 Å². The van der Waals surface area contributed by atoms with Crippen molar-refractivity contribution in [3.8, 4) is 22.3 Å². The quantitative estimate of drug-likeness (QED) is 0.142. The summed E-state index contributed by atoms with van der Waals surface area (Å²) in [6.07, 6.45) is 5.55. The first-order chi connectivity index (χ1) is 27.3. The topological polar surface area (TPSA) is 169 Å². The van der Waals surface area contributed by atoms with E-state index in [4.69, 9.17) is 0 Å². The van der Waals surface area contributed by atoms with Gasteiger partial charge in [-0.1, -0.05) is 48.5 Å². The van der Waals surface area contributed by atoms with E-state index in [1.165, 1.54) is 24.3 Å². The molecule has 0 saturated heterocycles. The third-order valence-electron chi connectivity index (χ3n) is 12.7. The van der Waals surface area contributed by atoms with Crippen molar-refractivity contribution in [2.75, 3.05) is 13.2 Å². The van der Waals surface area contributed by atoms with Crippen LogP contribution in [0.3, 0.4) is 0 Å². The molecular weight excluding hydrogens is 766 g/mol. The summed E-state index contributed by atoms with van der Waals surface area (Å²) in [6.45, 7) is 6.05. The number of rotatable bonds is 6. The fourth-order valence-corrected chi connectivity index (χ4v) is 9.17. The molecule has 0 bridgehead atoms. The molecule has 2 fully saturated rings. The van der Waals surface area contributed by atoms with Crippen molar-refractivity contribution in [3.63, 3.8) is 0 Å². The summed E-state index contributed by atoms with van der Waals surface area (Å²) < 4.78 is 26.6. The molecule has 2 spiro atoms.